The largest absolute Gasteiger partial charge is 0.496 e. The molecule has 8 heteroatoms. The number of carbonyl (C=O) groups excluding carboxylic acids is 1. The van der Waals surface area contributed by atoms with Gasteiger partial charge in [-0.1, -0.05) is 29.8 Å². The average Bonchev–Trinajstić information content (AvgIpc) is 3.38. The highest BCUT2D eigenvalue weighted by molar-refractivity contribution is 6.33. The van der Waals surface area contributed by atoms with Crippen LogP contribution < -0.4 is 15.6 Å². The van der Waals surface area contributed by atoms with Crippen LogP contribution in [0.25, 0.3) is 11.4 Å². The van der Waals surface area contributed by atoms with Gasteiger partial charge < -0.3 is 14.6 Å². The summed E-state index contributed by atoms with van der Waals surface area (Å²) in [6.07, 6.45) is 3.69. The molecule has 2 aromatic carbocycles. The van der Waals surface area contributed by atoms with Crippen LogP contribution in [0.1, 0.15) is 16.1 Å². The first-order chi connectivity index (χ1) is 14.9. The first-order valence-electron chi connectivity index (χ1n) is 9.58. The summed E-state index contributed by atoms with van der Waals surface area (Å²) < 4.78 is 10.5. The van der Waals surface area contributed by atoms with E-state index in [2.05, 4.69) is 5.32 Å². The number of hydrogen-bond donors (Lipinski definition) is 1. The number of rotatable bonds is 5. The number of hydrogen-bond acceptors (Lipinski definition) is 3. The average molecular weight is 437 g/mol. The van der Waals surface area contributed by atoms with Crippen LogP contribution in [0.15, 0.2) is 71.8 Å². The maximum atomic E-state index is 13.1. The molecule has 0 saturated heterocycles. The third-order valence-electron chi connectivity index (χ3n) is 5.19. The summed E-state index contributed by atoms with van der Waals surface area (Å²) in [5.74, 6) is -0.133. The number of nitrogens with one attached hydrogen (secondary N) is 1. The summed E-state index contributed by atoms with van der Waals surface area (Å²) in [6.45, 7) is 1.77. The quantitative estimate of drug-likeness (QED) is 0.510. The van der Waals surface area contributed by atoms with Crippen LogP contribution in [0, 0.1) is 6.92 Å². The van der Waals surface area contributed by atoms with Crippen molar-refractivity contribution in [2.24, 2.45) is 7.05 Å². The highest BCUT2D eigenvalue weighted by Gasteiger charge is 2.22. The van der Waals surface area contributed by atoms with E-state index in [1.165, 1.54) is 11.8 Å². The summed E-state index contributed by atoms with van der Waals surface area (Å²) in [7, 11) is 3.25. The Morgan fingerprint density at radius 1 is 1.06 bits per heavy atom. The Balaban J connectivity index is 1.73. The lowest BCUT2D eigenvalue weighted by Gasteiger charge is -2.13. The maximum Gasteiger partial charge on any atom is 0.295 e. The van der Waals surface area contributed by atoms with Crippen molar-refractivity contribution in [2.45, 2.75) is 6.92 Å². The van der Waals surface area contributed by atoms with Gasteiger partial charge in [0.05, 0.1) is 34.8 Å². The molecule has 0 bridgehead atoms. The molecule has 0 saturated carbocycles. The molecule has 2 heterocycles. The van der Waals surface area contributed by atoms with Crippen LogP contribution in [0.3, 0.4) is 0 Å². The summed E-state index contributed by atoms with van der Waals surface area (Å²) in [5.41, 5.74) is 2.11. The van der Waals surface area contributed by atoms with E-state index in [1.807, 2.05) is 59.4 Å². The fourth-order valence-corrected chi connectivity index (χ4v) is 3.74. The summed E-state index contributed by atoms with van der Waals surface area (Å²) in [4.78, 5) is 26.2. The third-order valence-corrected chi connectivity index (χ3v) is 5.49. The molecule has 1 N–H and O–H groups in total. The molecular formula is C23H21ClN4O3. The lowest BCUT2D eigenvalue weighted by molar-refractivity contribution is 0.102. The van der Waals surface area contributed by atoms with Gasteiger partial charge in [-0.25, -0.2) is 4.68 Å². The summed E-state index contributed by atoms with van der Waals surface area (Å²) >= 11 is 6.44. The summed E-state index contributed by atoms with van der Waals surface area (Å²) in [6, 6.07) is 16.2. The predicted octanol–water partition coefficient (Wildman–Crippen LogP) is 4.19. The zero-order valence-corrected chi connectivity index (χ0v) is 18.1. The molecule has 1 amide bonds. The highest BCUT2D eigenvalue weighted by Crippen LogP contribution is 2.30. The second-order valence-electron chi connectivity index (χ2n) is 6.98. The maximum absolute atomic E-state index is 13.1. The Bertz CT molecular complexity index is 1310. The van der Waals surface area contributed by atoms with Gasteiger partial charge in [-0.2, -0.15) is 0 Å². The van der Waals surface area contributed by atoms with Gasteiger partial charge in [-0.15, -0.1) is 0 Å². The number of amides is 1. The molecule has 0 aliphatic carbocycles. The number of nitrogens with zero attached hydrogens (tertiary/aromatic N) is 3. The van der Waals surface area contributed by atoms with Gasteiger partial charge in [-0.05, 0) is 37.3 Å². The fourth-order valence-electron chi connectivity index (χ4n) is 3.48. The number of benzene rings is 2. The van der Waals surface area contributed by atoms with Gasteiger partial charge in [0.25, 0.3) is 11.5 Å². The Morgan fingerprint density at radius 3 is 2.39 bits per heavy atom. The van der Waals surface area contributed by atoms with Crippen molar-refractivity contribution in [3.05, 3.63) is 93.6 Å². The van der Waals surface area contributed by atoms with Crippen molar-refractivity contribution in [1.29, 1.82) is 0 Å². The number of para-hydroxylation sites is 1. The Kier molecular flexibility index (Phi) is 5.44. The molecule has 0 aliphatic heterocycles. The molecule has 0 fully saturated rings. The minimum Gasteiger partial charge on any atom is -0.496 e. The van der Waals surface area contributed by atoms with E-state index in [0.717, 1.165) is 0 Å². The van der Waals surface area contributed by atoms with E-state index < -0.39 is 5.91 Å². The molecule has 0 radical (unpaired) electrons. The van der Waals surface area contributed by atoms with Gasteiger partial charge in [0, 0.05) is 25.5 Å². The number of carbonyl (C=O) groups is 1. The van der Waals surface area contributed by atoms with Crippen LogP contribution >= 0.6 is 11.6 Å². The molecule has 2 aromatic heterocycles. The van der Waals surface area contributed by atoms with Crippen molar-refractivity contribution in [3.8, 4) is 17.1 Å². The molecule has 31 heavy (non-hydrogen) atoms. The van der Waals surface area contributed by atoms with Crippen molar-refractivity contribution >= 4 is 23.2 Å². The van der Waals surface area contributed by atoms with Gasteiger partial charge in [0.15, 0.2) is 0 Å². The van der Waals surface area contributed by atoms with Crippen molar-refractivity contribution in [3.63, 3.8) is 0 Å². The molecule has 0 unspecified atom stereocenters. The van der Waals surface area contributed by atoms with Crippen LogP contribution in [0.2, 0.25) is 5.02 Å². The topological polar surface area (TPSA) is 70.2 Å². The molecule has 0 aliphatic rings. The number of aromatic nitrogens is 3. The molecule has 0 spiro atoms. The monoisotopic (exact) mass is 436 g/mol. The molecule has 7 nitrogen and oxygen atoms in total. The van der Waals surface area contributed by atoms with E-state index in [4.69, 9.17) is 16.3 Å². The van der Waals surface area contributed by atoms with Gasteiger partial charge in [-0.3, -0.25) is 14.3 Å². The number of anilines is 1. The van der Waals surface area contributed by atoms with Crippen LogP contribution in [0.4, 0.5) is 5.69 Å². The molecule has 158 valence electrons. The zero-order valence-electron chi connectivity index (χ0n) is 17.3. The van der Waals surface area contributed by atoms with Gasteiger partial charge in [0.2, 0.25) is 0 Å². The van der Waals surface area contributed by atoms with E-state index in [1.54, 1.807) is 30.8 Å². The third kappa shape index (κ3) is 3.64. The fraction of sp³-hybridized carbons (Fsp3) is 0.130. The minimum absolute atomic E-state index is 0.198. The second-order valence-corrected chi connectivity index (χ2v) is 7.39. The molecule has 0 atom stereocenters. The van der Waals surface area contributed by atoms with Gasteiger partial charge in [0.1, 0.15) is 11.4 Å². The first-order valence-corrected chi connectivity index (χ1v) is 9.96. The Hall–Kier alpha value is -3.71. The smallest absolute Gasteiger partial charge is 0.295 e. The minimum atomic E-state index is -0.483. The molecule has 4 rings (SSSR count). The van der Waals surface area contributed by atoms with Crippen molar-refractivity contribution in [2.75, 3.05) is 12.4 Å². The second kappa shape index (κ2) is 8.20. The van der Waals surface area contributed by atoms with Gasteiger partial charge >= 0.3 is 0 Å². The Morgan fingerprint density at radius 2 is 1.74 bits per heavy atom. The van der Waals surface area contributed by atoms with Crippen molar-refractivity contribution in [1.82, 2.24) is 13.9 Å². The van der Waals surface area contributed by atoms with Crippen LogP contribution in [-0.4, -0.2) is 26.9 Å². The molecular weight excluding hydrogens is 416 g/mol. The standard InChI is InChI=1S/C23H21ClN4O3/c1-15-21(23(30)28(26(15)2)16-9-5-4-6-10-16)25-22(29)17-13-18(24)19(14-20(17)31-3)27-11-7-8-12-27/h4-14H,1-3H3,(H,25,29). The van der Waals surface area contributed by atoms with Crippen LogP contribution in [0.5, 0.6) is 5.75 Å². The van der Waals surface area contributed by atoms with E-state index in [-0.39, 0.29) is 16.8 Å². The van der Waals surface area contributed by atoms with Crippen LogP contribution in [-0.2, 0) is 7.05 Å². The predicted molar refractivity (Wildman–Crippen MR) is 121 cm³/mol. The highest BCUT2D eigenvalue weighted by atomic mass is 35.5. The van der Waals surface area contributed by atoms with E-state index >= 15 is 0 Å². The lowest BCUT2D eigenvalue weighted by Crippen LogP contribution is -2.23. The first kappa shape index (κ1) is 20.6. The summed E-state index contributed by atoms with van der Waals surface area (Å²) in [5, 5.41) is 3.13. The number of methoxy groups -OCH3 is 1. The number of ether oxygens (including phenoxy) is 1. The molecule has 4 aromatic rings. The normalized spacial score (nSPS) is 10.8. The number of halogens is 1. The SMILES string of the molecule is COc1cc(-n2cccc2)c(Cl)cc1C(=O)Nc1c(C)n(C)n(-c2ccccc2)c1=O. The zero-order chi connectivity index (χ0) is 22.1. The Labute approximate surface area is 184 Å². The van der Waals surface area contributed by atoms with E-state index in [0.29, 0.717) is 27.8 Å². The van der Waals surface area contributed by atoms with Crippen molar-refractivity contribution < 1.29 is 9.53 Å². The van der Waals surface area contributed by atoms with E-state index in [9.17, 15) is 9.59 Å². The lowest BCUT2D eigenvalue weighted by atomic mass is 10.1.